The summed E-state index contributed by atoms with van der Waals surface area (Å²) in [5.74, 6) is 0. The van der Waals surface area contributed by atoms with Crippen LogP contribution in [-0.2, 0) is 6.42 Å². The lowest BCUT2D eigenvalue weighted by Crippen LogP contribution is -1.99. The van der Waals surface area contributed by atoms with Crippen molar-refractivity contribution in [1.82, 2.24) is 0 Å². The Labute approximate surface area is 177 Å². The van der Waals surface area contributed by atoms with Crippen LogP contribution in [0.3, 0.4) is 0 Å². The van der Waals surface area contributed by atoms with Crippen LogP contribution in [0.1, 0.15) is 23.1 Å². The Hall–Kier alpha value is -3.64. The van der Waals surface area contributed by atoms with Crippen molar-refractivity contribution in [3.8, 4) is 11.1 Å². The van der Waals surface area contributed by atoms with Crippen LogP contribution >= 0.6 is 0 Å². The maximum absolute atomic E-state index is 2.40. The van der Waals surface area contributed by atoms with Gasteiger partial charge in [-0.15, -0.1) is 0 Å². The molecule has 0 N–H and O–H groups in total. The van der Waals surface area contributed by atoms with Gasteiger partial charge in [0.15, 0.2) is 0 Å². The predicted octanol–water partition coefficient (Wildman–Crippen LogP) is 8.15. The summed E-state index contributed by atoms with van der Waals surface area (Å²) in [5.41, 5.74) is 8.15. The molecule has 0 amide bonds. The molecule has 0 heteroatoms. The van der Waals surface area contributed by atoms with Crippen molar-refractivity contribution in [2.75, 3.05) is 0 Å². The molecule has 0 bridgehead atoms. The molecule has 0 saturated heterocycles. The van der Waals surface area contributed by atoms with Gasteiger partial charge in [0.1, 0.15) is 0 Å². The summed E-state index contributed by atoms with van der Waals surface area (Å²) in [6.07, 6.45) is 4.60. The largest absolute Gasteiger partial charge is 0.0616 e. The molecule has 0 unspecified atom stereocenters. The lowest BCUT2D eigenvalue weighted by Gasteiger charge is -2.18. The van der Waals surface area contributed by atoms with E-state index in [1.807, 2.05) is 0 Å². The number of benzene rings is 5. The lowest BCUT2D eigenvalue weighted by atomic mass is 9.86. The Morgan fingerprint density at radius 2 is 1.00 bits per heavy atom. The molecule has 5 aromatic carbocycles. The highest BCUT2D eigenvalue weighted by Crippen LogP contribution is 2.34. The smallest absolute Gasteiger partial charge is 0.0177 e. The van der Waals surface area contributed by atoms with Gasteiger partial charge in [0.05, 0.1) is 0 Å². The van der Waals surface area contributed by atoms with Crippen molar-refractivity contribution < 1.29 is 0 Å². The average Bonchev–Trinajstić information content (AvgIpc) is 2.82. The molecule has 0 saturated carbocycles. The summed E-state index contributed by atoms with van der Waals surface area (Å²) in [7, 11) is 0. The zero-order valence-electron chi connectivity index (χ0n) is 16.8. The molecule has 5 aromatic rings. The van der Waals surface area contributed by atoms with Crippen LogP contribution in [0.4, 0.5) is 0 Å². The molecule has 0 aliphatic heterocycles. The average molecular weight is 383 g/mol. The van der Waals surface area contributed by atoms with Gasteiger partial charge in [0, 0.05) is 0 Å². The van der Waals surface area contributed by atoms with Crippen molar-refractivity contribution >= 4 is 33.2 Å². The van der Waals surface area contributed by atoms with Crippen LogP contribution in [0.25, 0.3) is 44.3 Å². The second kappa shape index (κ2) is 7.00. The van der Waals surface area contributed by atoms with Gasteiger partial charge < -0.3 is 0 Å². The van der Waals surface area contributed by atoms with Crippen molar-refractivity contribution in [3.05, 3.63) is 120 Å². The van der Waals surface area contributed by atoms with Crippen molar-refractivity contribution in [2.45, 2.75) is 12.8 Å². The number of aryl methyl sites for hydroxylation is 1. The highest BCUT2D eigenvalue weighted by atomic mass is 14.2. The van der Waals surface area contributed by atoms with Crippen molar-refractivity contribution in [3.63, 3.8) is 0 Å². The number of allylic oxidation sites excluding steroid dienone is 1. The zero-order valence-corrected chi connectivity index (χ0v) is 16.8. The minimum atomic E-state index is 1.10. The van der Waals surface area contributed by atoms with Gasteiger partial charge in [-0.25, -0.2) is 0 Å². The molecule has 6 rings (SSSR count). The third-order valence-electron chi connectivity index (χ3n) is 6.34. The molecule has 142 valence electrons. The number of fused-ring (bicyclic) bond motifs is 3. The van der Waals surface area contributed by atoms with Crippen LogP contribution in [0.5, 0.6) is 0 Å². The van der Waals surface area contributed by atoms with Gasteiger partial charge in [-0.3, -0.25) is 0 Å². The predicted molar refractivity (Wildman–Crippen MR) is 130 cm³/mol. The van der Waals surface area contributed by atoms with E-state index in [1.54, 1.807) is 0 Å². The second-order valence-electron chi connectivity index (χ2n) is 8.21. The first-order chi connectivity index (χ1) is 14.8. The quantitative estimate of drug-likeness (QED) is 0.289. The van der Waals surface area contributed by atoms with E-state index in [1.165, 1.54) is 54.9 Å². The maximum atomic E-state index is 2.40. The van der Waals surface area contributed by atoms with Gasteiger partial charge >= 0.3 is 0 Å². The van der Waals surface area contributed by atoms with E-state index in [-0.39, 0.29) is 0 Å². The van der Waals surface area contributed by atoms with E-state index >= 15 is 0 Å². The highest BCUT2D eigenvalue weighted by molar-refractivity contribution is 5.92. The Bertz CT molecular complexity index is 1440. The van der Waals surface area contributed by atoms with Crippen LogP contribution in [0.2, 0.25) is 0 Å². The summed E-state index contributed by atoms with van der Waals surface area (Å²) in [6.45, 7) is 0. The fourth-order valence-electron chi connectivity index (χ4n) is 4.65. The molecule has 0 nitrogen and oxygen atoms in total. The van der Waals surface area contributed by atoms with E-state index in [2.05, 4.69) is 109 Å². The minimum Gasteiger partial charge on any atom is -0.0616 e. The maximum Gasteiger partial charge on any atom is -0.0177 e. The first-order valence-corrected chi connectivity index (χ1v) is 10.7. The molecule has 0 fully saturated rings. The molecule has 1 aliphatic carbocycles. The van der Waals surface area contributed by atoms with E-state index in [9.17, 15) is 0 Å². The van der Waals surface area contributed by atoms with E-state index < -0.39 is 0 Å². The monoisotopic (exact) mass is 382 g/mol. The highest BCUT2D eigenvalue weighted by Gasteiger charge is 2.13. The molecular weight excluding hydrogens is 360 g/mol. The van der Waals surface area contributed by atoms with E-state index in [0.717, 1.165) is 12.8 Å². The fraction of sp³-hybridized carbons (Fsp3) is 0.0667. The van der Waals surface area contributed by atoms with Crippen LogP contribution in [0, 0.1) is 0 Å². The van der Waals surface area contributed by atoms with Gasteiger partial charge in [-0.1, -0.05) is 91.0 Å². The summed E-state index contributed by atoms with van der Waals surface area (Å²) in [6, 6.07) is 37.7. The number of hydrogen-bond acceptors (Lipinski definition) is 0. The standard InChI is InChI=1S/C30H22/c1-3-7-24-17-26(13-9-21(24)5-1)28-15-11-23-12-16-29(20-30(23)19-28)27-14-10-22-6-2-4-8-25(22)18-27/h1-11,13-15,17-20H,12,16H2. The number of hydrogen-bond donors (Lipinski definition) is 0. The van der Waals surface area contributed by atoms with Gasteiger partial charge in [-0.2, -0.15) is 0 Å². The van der Waals surface area contributed by atoms with Gasteiger partial charge in [0.2, 0.25) is 0 Å². The van der Waals surface area contributed by atoms with Gasteiger partial charge in [-0.05, 0) is 86.0 Å². The van der Waals surface area contributed by atoms with Crippen molar-refractivity contribution in [2.24, 2.45) is 0 Å². The third kappa shape index (κ3) is 3.02. The van der Waals surface area contributed by atoms with Crippen LogP contribution < -0.4 is 0 Å². The molecule has 0 spiro atoms. The summed E-state index contributed by atoms with van der Waals surface area (Å²) < 4.78 is 0. The first kappa shape index (κ1) is 17.2. The zero-order chi connectivity index (χ0) is 19.9. The Morgan fingerprint density at radius 1 is 0.433 bits per heavy atom. The molecule has 0 radical (unpaired) electrons. The molecule has 0 heterocycles. The fourth-order valence-corrected chi connectivity index (χ4v) is 4.65. The molecule has 1 aliphatic rings. The molecule has 0 atom stereocenters. The molecule has 0 aromatic heterocycles. The van der Waals surface area contributed by atoms with E-state index in [0.29, 0.717) is 0 Å². The number of rotatable bonds is 2. The topological polar surface area (TPSA) is 0 Å². The van der Waals surface area contributed by atoms with Crippen LogP contribution in [0.15, 0.2) is 103 Å². The molecule has 30 heavy (non-hydrogen) atoms. The normalized spacial score (nSPS) is 13.3. The summed E-state index contributed by atoms with van der Waals surface area (Å²) >= 11 is 0. The minimum absolute atomic E-state index is 1.10. The van der Waals surface area contributed by atoms with Crippen molar-refractivity contribution in [1.29, 1.82) is 0 Å². The lowest BCUT2D eigenvalue weighted by molar-refractivity contribution is 1.00. The van der Waals surface area contributed by atoms with Gasteiger partial charge in [0.25, 0.3) is 0 Å². The summed E-state index contributed by atoms with van der Waals surface area (Å²) in [4.78, 5) is 0. The first-order valence-electron chi connectivity index (χ1n) is 10.7. The Balaban J connectivity index is 1.41. The molecular formula is C30H22. The summed E-state index contributed by atoms with van der Waals surface area (Å²) in [5, 5.41) is 5.20. The Morgan fingerprint density at radius 3 is 1.73 bits per heavy atom. The SMILES string of the molecule is C1=C(c2ccc3ccccc3c2)CCc2ccc(-c3ccc4ccccc4c3)cc21. The van der Waals surface area contributed by atoms with E-state index in [4.69, 9.17) is 0 Å². The Kier molecular flexibility index (Phi) is 4.02. The van der Waals surface area contributed by atoms with Crippen LogP contribution in [-0.4, -0.2) is 0 Å². The second-order valence-corrected chi connectivity index (χ2v) is 8.21. The third-order valence-corrected chi connectivity index (χ3v) is 6.34.